The van der Waals surface area contributed by atoms with Gasteiger partial charge in [0.05, 0.1) is 12.3 Å². The predicted molar refractivity (Wildman–Crippen MR) is 87.7 cm³/mol. The van der Waals surface area contributed by atoms with Gasteiger partial charge in [-0.25, -0.2) is 4.98 Å². The average Bonchev–Trinajstić information content (AvgIpc) is 3.21. The van der Waals surface area contributed by atoms with Gasteiger partial charge in [0, 0.05) is 17.7 Å². The molecule has 0 bridgehead atoms. The Balaban J connectivity index is 1.67. The first-order chi connectivity index (χ1) is 11.4. The number of nitrogens with zero attached hydrogens (tertiary/aromatic N) is 4. The van der Waals surface area contributed by atoms with Gasteiger partial charge in [0.25, 0.3) is 5.78 Å². The summed E-state index contributed by atoms with van der Waals surface area (Å²) >= 11 is 0. The molecule has 2 heterocycles. The van der Waals surface area contributed by atoms with E-state index in [9.17, 15) is 0 Å². The number of rotatable bonds is 5. The van der Waals surface area contributed by atoms with Crippen LogP contribution in [0.4, 0.5) is 5.82 Å². The Labute approximate surface area is 134 Å². The number of aryl methyl sites for hydroxylation is 1. The average molecular weight is 309 g/mol. The van der Waals surface area contributed by atoms with Crippen LogP contribution in [0.2, 0.25) is 0 Å². The zero-order valence-electron chi connectivity index (χ0n) is 13.1. The van der Waals surface area contributed by atoms with Crippen LogP contribution in [0.15, 0.2) is 30.6 Å². The van der Waals surface area contributed by atoms with E-state index in [1.807, 2.05) is 25.1 Å². The molecule has 0 saturated heterocycles. The van der Waals surface area contributed by atoms with Crippen molar-refractivity contribution in [1.29, 1.82) is 0 Å². The maximum absolute atomic E-state index is 5.70. The highest BCUT2D eigenvalue weighted by molar-refractivity contribution is 5.55. The van der Waals surface area contributed by atoms with Gasteiger partial charge in [-0.3, -0.25) is 0 Å². The molecule has 0 radical (unpaired) electrons. The fourth-order valence-electron chi connectivity index (χ4n) is 3.13. The van der Waals surface area contributed by atoms with E-state index in [2.05, 4.69) is 26.4 Å². The molecule has 2 aromatic heterocycles. The van der Waals surface area contributed by atoms with Gasteiger partial charge in [-0.15, -0.1) is 0 Å². The first-order valence-corrected chi connectivity index (χ1v) is 8.03. The van der Waals surface area contributed by atoms with Gasteiger partial charge in [-0.1, -0.05) is 18.2 Å². The maximum atomic E-state index is 5.70. The summed E-state index contributed by atoms with van der Waals surface area (Å²) in [5, 5.41) is 7.85. The SMILES string of the molecule is CCOc1ccccc1CNc1c2c(nc3ncnn13)CCC2. The Bertz CT molecular complexity index is 842. The smallest absolute Gasteiger partial charge is 0.254 e. The van der Waals surface area contributed by atoms with E-state index in [1.165, 1.54) is 5.56 Å². The molecular formula is C17H19N5O. The van der Waals surface area contributed by atoms with Crippen molar-refractivity contribution in [2.75, 3.05) is 11.9 Å². The molecule has 1 aromatic carbocycles. The van der Waals surface area contributed by atoms with Gasteiger partial charge in [-0.2, -0.15) is 14.6 Å². The lowest BCUT2D eigenvalue weighted by Crippen LogP contribution is -2.11. The van der Waals surface area contributed by atoms with Crippen molar-refractivity contribution in [2.45, 2.75) is 32.7 Å². The van der Waals surface area contributed by atoms with Gasteiger partial charge < -0.3 is 10.1 Å². The number of ether oxygens (including phenoxy) is 1. The van der Waals surface area contributed by atoms with Crippen molar-refractivity contribution in [3.8, 4) is 5.75 Å². The lowest BCUT2D eigenvalue weighted by atomic mass is 10.2. The fraction of sp³-hybridized carbons (Fsp3) is 0.353. The summed E-state index contributed by atoms with van der Waals surface area (Å²) in [5.74, 6) is 2.58. The monoisotopic (exact) mass is 309 g/mol. The Morgan fingerprint density at radius 3 is 3.09 bits per heavy atom. The van der Waals surface area contributed by atoms with Crippen molar-refractivity contribution in [2.24, 2.45) is 0 Å². The highest BCUT2D eigenvalue weighted by Crippen LogP contribution is 2.29. The van der Waals surface area contributed by atoms with Crippen molar-refractivity contribution >= 4 is 11.6 Å². The summed E-state index contributed by atoms with van der Waals surface area (Å²) in [6.45, 7) is 3.34. The largest absolute Gasteiger partial charge is 0.494 e. The quantitative estimate of drug-likeness (QED) is 0.785. The summed E-state index contributed by atoms with van der Waals surface area (Å²) in [4.78, 5) is 8.84. The normalized spacial score (nSPS) is 13.3. The number of anilines is 1. The van der Waals surface area contributed by atoms with Crippen molar-refractivity contribution in [3.63, 3.8) is 0 Å². The van der Waals surface area contributed by atoms with Crippen LogP contribution < -0.4 is 10.1 Å². The molecule has 6 heteroatoms. The zero-order valence-corrected chi connectivity index (χ0v) is 13.1. The van der Waals surface area contributed by atoms with E-state index < -0.39 is 0 Å². The van der Waals surface area contributed by atoms with Crippen LogP contribution in [0, 0.1) is 0 Å². The van der Waals surface area contributed by atoms with E-state index >= 15 is 0 Å². The standard InChI is InChI=1S/C17H19N5O/c1-2-23-15-9-4-3-6-12(15)10-18-16-13-7-5-8-14(13)21-17-19-11-20-22(16)17/h3-4,6,9,11,18H,2,5,7-8,10H2,1H3. The lowest BCUT2D eigenvalue weighted by Gasteiger charge is -2.14. The second-order valence-corrected chi connectivity index (χ2v) is 5.61. The second kappa shape index (κ2) is 5.87. The fourth-order valence-corrected chi connectivity index (χ4v) is 3.13. The van der Waals surface area contributed by atoms with Crippen LogP contribution in [0.1, 0.15) is 30.2 Å². The number of aromatic nitrogens is 4. The molecule has 23 heavy (non-hydrogen) atoms. The summed E-state index contributed by atoms with van der Waals surface area (Å²) in [6, 6.07) is 8.11. The van der Waals surface area contributed by atoms with Crippen LogP contribution in [0.3, 0.4) is 0 Å². The summed E-state index contributed by atoms with van der Waals surface area (Å²) in [7, 11) is 0. The van der Waals surface area contributed by atoms with Crippen LogP contribution in [0.25, 0.3) is 5.78 Å². The third kappa shape index (κ3) is 2.50. The highest BCUT2D eigenvalue weighted by Gasteiger charge is 2.21. The molecule has 0 aliphatic heterocycles. The van der Waals surface area contributed by atoms with Crippen LogP contribution >= 0.6 is 0 Å². The highest BCUT2D eigenvalue weighted by atomic mass is 16.5. The number of hydrogen-bond donors (Lipinski definition) is 1. The molecule has 0 fully saturated rings. The molecule has 0 amide bonds. The Morgan fingerprint density at radius 1 is 1.26 bits per heavy atom. The summed E-state index contributed by atoms with van der Waals surface area (Å²) in [5.41, 5.74) is 3.54. The van der Waals surface area contributed by atoms with E-state index in [-0.39, 0.29) is 0 Å². The van der Waals surface area contributed by atoms with Gasteiger partial charge in [0.2, 0.25) is 0 Å². The Hall–Kier alpha value is -2.63. The molecule has 0 unspecified atom stereocenters. The first kappa shape index (κ1) is 14.0. The minimum atomic E-state index is 0.659. The predicted octanol–water partition coefficient (Wildman–Crippen LogP) is 2.62. The minimum absolute atomic E-state index is 0.659. The Kier molecular flexibility index (Phi) is 3.57. The van der Waals surface area contributed by atoms with Crippen LogP contribution in [0.5, 0.6) is 5.75 Å². The molecular weight excluding hydrogens is 290 g/mol. The number of nitrogens with one attached hydrogen (secondary N) is 1. The first-order valence-electron chi connectivity index (χ1n) is 8.03. The molecule has 1 N–H and O–H groups in total. The zero-order chi connectivity index (χ0) is 15.6. The van der Waals surface area contributed by atoms with E-state index in [1.54, 1.807) is 10.8 Å². The van der Waals surface area contributed by atoms with E-state index in [0.29, 0.717) is 18.9 Å². The number of benzene rings is 1. The van der Waals surface area contributed by atoms with Gasteiger partial charge in [0.15, 0.2) is 0 Å². The molecule has 1 aliphatic rings. The minimum Gasteiger partial charge on any atom is -0.494 e. The van der Waals surface area contributed by atoms with Crippen molar-refractivity contribution in [3.05, 3.63) is 47.4 Å². The van der Waals surface area contributed by atoms with Gasteiger partial charge in [-0.05, 0) is 32.3 Å². The van der Waals surface area contributed by atoms with Gasteiger partial charge >= 0.3 is 0 Å². The molecule has 118 valence electrons. The van der Waals surface area contributed by atoms with Crippen molar-refractivity contribution < 1.29 is 4.74 Å². The molecule has 3 aromatic rings. The Morgan fingerprint density at radius 2 is 2.17 bits per heavy atom. The number of para-hydroxylation sites is 1. The molecule has 0 spiro atoms. The molecule has 0 saturated carbocycles. The van der Waals surface area contributed by atoms with Crippen molar-refractivity contribution in [1.82, 2.24) is 19.6 Å². The lowest BCUT2D eigenvalue weighted by molar-refractivity contribution is 0.337. The molecule has 1 aliphatic carbocycles. The van der Waals surface area contributed by atoms with Crippen LogP contribution in [-0.4, -0.2) is 26.2 Å². The third-order valence-corrected chi connectivity index (χ3v) is 4.17. The maximum Gasteiger partial charge on any atom is 0.254 e. The molecule has 0 atom stereocenters. The number of hydrogen-bond acceptors (Lipinski definition) is 5. The second-order valence-electron chi connectivity index (χ2n) is 5.61. The molecule has 6 nitrogen and oxygen atoms in total. The topological polar surface area (TPSA) is 64.3 Å². The molecule has 4 rings (SSSR count). The van der Waals surface area contributed by atoms with E-state index in [4.69, 9.17) is 4.74 Å². The summed E-state index contributed by atoms with van der Waals surface area (Å²) < 4.78 is 7.50. The third-order valence-electron chi connectivity index (χ3n) is 4.17. The van der Waals surface area contributed by atoms with Crippen LogP contribution in [-0.2, 0) is 19.4 Å². The van der Waals surface area contributed by atoms with Gasteiger partial charge in [0.1, 0.15) is 17.9 Å². The summed E-state index contributed by atoms with van der Waals surface area (Å²) in [6.07, 6.45) is 4.74. The number of fused-ring (bicyclic) bond motifs is 2. The van der Waals surface area contributed by atoms with E-state index in [0.717, 1.165) is 42.1 Å².